The largest absolute Gasteiger partial charge is 0.352 e. The fourth-order valence-corrected chi connectivity index (χ4v) is 3.54. The van der Waals surface area contributed by atoms with Gasteiger partial charge >= 0.3 is 0 Å². The number of hydrogen-bond donors (Lipinski definition) is 2. The van der Waals surface area contributed by atoms with Crippen LogP contribution in [0.2, 0.25) is 0 Å². The molecule has 6 heteroatoms. The molecule has 0 aromatic heterocycles. The lowest BCUT2D eigenvalue weighted by atomic mass is 10.1. The van der Waals surface area contributed by atoms with E-state index in [0.29, 0.717) is 18.5 Å². The Hall–Kier alpha value is -1.14. The van der Waals surface area contributed by atoms with Crippen LogP contribution in [0.5, 0.6) is 0 Å². The minimum atomic E-state index is -0.225. The van der Waals surface area contributed by atoms with Crippen molar-refractivity contribution in [3.8, 4) is 0 Å². The first-order valence-corrected chi connectivity index (χ1v) is 9.01. The van der Waals surface area contributed by atoms with Gasteiger partial charge in [0.2, 0.25) is 0 Å². The molecule has 0 radical (unpaired) electrons. The third-order valence-electron chi connectivity index (χ3n) is 4.70. The smallest absolute Gasteiger partial charge is 0.191 e. The molecule has 1 aromatic rings. The molecule has 1 aliphatic heterocycles. The van der Waals surface area contributed by atoms with E-state index in [2.05, 4.69) is 43.4 Å². The predicted molar refractivity (Wildman–Crippen MR) is 95.0 cm³/mol. The summed E-state index contributed by atoms with van der Waals surface area (Å²) >= 11 is 3.46. The molecule has 1 aliphatic carbocycles. The number of benzene rings is 1. The van der Waals surface area contributed by atoms with Crippen molar-refractivity contribution >= 4 is 21.9 Å². The lowest BCUT2D eigenvalue weighted by Crippen LogP contribution is -2.46. The summed E-state index contributed by atoms with van der Waals surface area (Å²) in [4.78, 5) is 6.89. The third-order valence-corrected chi connectivity index (χ3v) is 5.48. The summed E-state index contributed by atoms with van der Waals surface area (Å²) in [5.74, 6) is 1.16. The Labute approximate surface area is 145 Å². The van der Waals surface area contributed by atoms with E-state index in [-0.39, 0.29) is 5.82 Å². The zero-order chi connectivity index (χ0) is 16.4. The van der Waals surface area contributed by atoms with Crippen molar-refractivity contribution in [2.24, 2.45) is 10.9 Å². The van der Waals surface area contributed by atoms with Crippen LogP contribution >= 0.6 is 15.9 Å². The Morgan fingerprint density at radius 3 is 2.87 bits per heavy atom. The van der Waals surface area contributed by atoms with Crippen molar-refractivity contribution in [1.82, 2.24) is 15.5 Å². The number of rotatable bonds is 4. The molecule has 2 unspecified atom stereocenters. The summed E-state index contributed by atoms with van der Waals surface area (Å²) < 4.78 is 14.3. The normalized spacial score (nSPS) is 25.7. The molecule has 1 heterocycles. The average Bonchev–Trinajstić information content (AvgIpc) is 3.31. The molecular weight excluding hydrogens is 359 g/mol. The summed E-state index contributed by atoms with van der Waals surface area (Å²) in [6, 6.07) is 5.94. The van der Waals surface area contributed by atoms with Crippen molar-refractivity contribution in [2.75, 3.05) is 20.1 Å². The van der Waals surface area contributed by atoms with Crippen molar-refractivity contribution < 1.29 is 4.39 Å². The molecule has 0 bridgehead atoms. The maximum atomic E-state index is 13.4. The van der Waals surface area contributed by atoms with Gasteiger partial charge in [0, 0.05) is 43.2 Å². The van der Waals surface area contributed by atoms with Gasteiger partial charge in [0.05, 0.1) is 0 Å². The summed E-state index contributed by atoms with van der Waals surface area (Å²) in [6.45, 7) is 5.06. The SMILES string of the molecule is CN=C(NCc1cc(F)ccc1Br)NC1CN(C2CC2)CC1C. The van der Waals surface area contributed by atoms with Crippen LogP contribution in [-0.2, 0) is 6.54 Å². The van der Waals surface area contributed by atoms with Gasteiger partial charge in [0.1, 0.15) is 5.82 Å². The highest BCUT2D eigenvalue weighted by Gasteiger charge is 2.38. The molecule has 2 N–H and O–H groups in total. The number of hydrogen-bond acceptors (Lipinski definition) is 2. The Morgan fingerprint density at radius 1 is 1.39 bits per heavy atom. The van der Waals surface area contributed by atoms with Crippen LogP contribution in [0, 0.1) is 11.7 Å². The Morgan fingerprint density at radius 2 is 2.17 bits per heavy atom. The molecule has 2 atom stereocenters. The Balaban J connectivity index is 1.55. The van der Waals surface area contributed by atoms with Crippen molar-refractivity contribution in [1.29, 1.82) is 0 Å². The van der Waals surface area contributed by atoms with E-state index in [1.165, 1.54) is 25.0 Å². The lowest BCUT2D eigenvalue weighted by Gasteiger charge is -2.20. The standard InChI is InChI=1S/C17H24BrFN4/c1-11-9-23(14-4-5-14)10-16(11)22-17(20-2)21-8-12-7-13(19)3-6-15(12)18/h3,6-7,11,14,16H,4-5,8-10H2,1-2H3,(H2,20,21,22). The van der Waals surface area contributed by atoms with Gasteiger partial charge in [0.15, 0.2) is 5.96 Å². The second-order valence-corrected chi connectivity index (χ2v) is 7.43. The van der Waals surface area contributed by atoms with Gasteiger partial charge in [-0.1, -0.05) is 22.9 Å². The van der Waals surface area contributed by atoms with Crippen LogP contribution in [-0.4, -0.2) is 43.1 Å². The second kappa shape index (κ2) is 7.18. The first-order valence-electron chi connectivity index (χ1n) is 8.22. The molecule has 2 aliphatic rings. The molecule has 4 nitrogen and oxygen atoms in total. The van der Waals surface area contributed by atoms with Crippen LogP contribution < -0.4 is 10.6 Å². The van der Waals surface area contributed by atoms with Gasteiger partial charge in [-0.2, -0.15) is 0 Å². The molecule has 23 heavy (non-hydrogen) atoms. The predicted octanol–water partition coefficient (Wildman–Crippen LogP) is 2.74. The first kappa shape index (κ1) is 16.7. The topological polar surface area (TPSA) is 39.7 Å². The van der Waals surface area contributed by atoms with E-state index in [1.807, 2.05) is 0 Å². The van der Waals surface area contributed by atoms with E-state index in [1.54, 1.807) is 13.1 Å². The van der Waals surface area contributed by atoms with Gasteiger partial charge in [-0.25, -0.2) is 4.39 Å². The number of aliphatic imine (C=N–C) groups is 1. The number of likely N-dealkylation sites (tertiary alicyclic amines) is 1. The highest BCUT2D eigenvalue weighted by atomic mass is 79.9. The van der Waals surface area contributed by atoms with Gasteiger partial charge in [-0.3, -0.25) is 9.89 Å². The highest BCUT2D eigenvalue weighted by Crippen LogP contribution is 2.31. The number of halogens is 2. The Kier molecular flexibility index (Phi) is 5.21. The zero-order valence-corrected chi connectivity index (χ0v) is 15.2. The lowest BCUT2D eigenvalue weighted by molar-refractivity contribution is 0.315. The third kappa shape index (κ3) is 4.23. The van der Waals surface area contributed by atoms with Crippen molar-refractivity contribution in [2.45, 2.75) is 38.4 Å². The van der Waals surface area contributed by atoms with Gasteiger partial charge in [-0.05, 0) is 42.5 Å². The maximum absolute atomic E-state index is 13.4. The number of guanidine groups is 1. The average molecular weight is 383 g/mol. The molecule has 0 spiro atoms. The van der Waals surface area contributed by atoms with Crippen LogP contribution in [0.4, 0.5) is 4.39 Å². The van der Waals surface area contributed by atoms with Crippen molar-refractivity contribution in [3.63, 3.8) is 0 Å². The maximum Gasteiger partial charge on any atom is 0.191 e. The van der Waals surface area contributed by atoms with Gasteiger partial charge in [-0.15, -0.1) is 0 Å². The quantitative estimate of drug-likeness (QED) is 0.621. The van der Waals surface area contributed by atoms with Crippen LogP contribution in [0.1, 0.15) is 25.3 Å². The minimum absolute atomic E-state index is 0.225. The molecule has 1 saturated carbocycles. The number of nitrogens with one attached hydrogen (secondary N) is 2. The van der Waals surface area contributed by atoms with Gasteiger partial charge in [0.25, 0.3) is 0 Å². The molecular formula is C17H24BrFN4. The van der Waals surface area contributed by atoms with E-state index in [4.69, 9.17) is 0 Å². The van der Waals surface area contributed by atoms with E-state index in [0.717, 1.165) is 35.1 Å². The molecule has 3 rings (SSSR count). The van der Waals surface area contributed by atoms with E-state index in [9.17, 15) is 4.39 Å². The van der Waals surface area contributed by atoms with Crippen LogP contribution in [0.15, 0.2) is 27.7 Å². The summed E-state index contributed by atoms with van der Waals surface area (Å²) in [5, 5.41) is 6.81. The first-order chi connectivity index (χ1) is 11.1. The zero-order valence-electron chi connectivity index (χ0n) is 13.6. The molecule has 2 fully saturated rings. The number of nitrogens with zero attached hydrogens (tertiary/aromatic N) is 2. The fourth-order valence-electron chi connectivity index (χ4n) is 3.16. The van der Waals surface area contributed by atoms with Crippen LogP contribution in [0.3, 0.4) is 0 Å². The highest BCUT2D eigenvalue weighted by molar-refractivity contribution is 9.10. The molecule has 1 saturated heterocycles. The Bertz CT molecular complexity index is 588. The van der Waals surface area contributed by atoms with E-state index >= 15 is 0 Å². The second-order valence-electron chi connectivity index (χ2n) is 6.57. The van der Waals surface area contributed by atoms with Crippen LogP contribution in [0.25, 0.3) is 0 Å². The summed E-state index contributed by atoms with van der Waals surface area (Å²) in [5.41, 5.74) is 0.882. The summed E-state index contributed by atoms with van der Waals surface area (Å²) in [6.07, 6.45) is 2.69. The molecule has 126 valence electrons. The monoisotopic (exact) mass is 382 g/mol. The fraction of sp³-hybridized carbons (Fsp3) is 0.588. The summed E-state index contributed by atoms with van der Waals surface area (Å²) in [7, 11) is 1.77. The van der Waals surface area contributed by atoms with Crippen molar-refractivity contribution in [3.05, 3.63) is 34.1 Å². The minimum Gasteiger partial charge on any atom is -0.352 e. The molecule has 1 aromatic carbocycles. The molecule has 0 amide bonds. The van der Waals surface area contributed by atoms with E-state index < -0.39 is 0 Å². The van der Waals surface area contributed by atoms with Gasteiger partial charge < -0.3 is 10.6 Å².